The van der Waals surface area contributed by atoms with E-state index in [-0.39, 0.29) is 50.1 Å². The summed E-state index contributed by atoms with van der Waals surface area (Å²) >= 11 is 0. The van der Waals surface area contributed by atoms with Crippen LogP contribution >= 0.6 is 0 Å². The summed E-state index contributed by atoms with van der Waals surface area (Å²) in [5.41, 5.74) is -2.32. The van der Waals surface area contributed by atoms with Crippen LogP contribution in [0.3, 0.4) is 0 Å². The van der Waals surface area contributed by atoms with E-state index < -0.39 is 51.2 Å². The van der Waals surface area contributed by atoms with Crippen molar-refractivity contribution >= 4 is 22.0 Å². The zero-order valence-electron chi connectivity index (χ0n) is 21.9. The van der Waals surface area contributed by atoms with E-state index in [4.69, 9.17) is 0 Å². The van der Waals surface area contributed by atoms with Gasteiger partial charge in [0.2, 0.25) is 11.8 Å². The fourth-order valence-electron chi connectivity index (χ4n) is 5.31. The molecule has 3 aliphatic rings. The van der Waals surface area contributed by atoms with Crippen molar-refractivity contribution < 1.29 is 40.7 Å². The van der Waals surface area contributed by atoms with Crippen LogP contribution in [0, 0.1) is 17.7 Å². The van der Waals surface area contributed by atoms with Crippen LogP contribution in [0.25, 0.3) is 0 Å². The second kappa shape index (κ2) is 10.9. The number of likely N-dealkylation sites (tertiary alicyclic amines) is 1. The molecule has 2 amide bonds. The van der Waals surface area contributed by atoms with Gasteiger partial charge in [0.05, 0.1) is 17.1 Å². The first-order valence-electron chi connectivity index (χ1n) is 13.0. The zero-order chi connectivity index (χ0) is 28.8. The number of halogens is 4. The van der Waals surface area contributed by atoms with Crippen LogP contribution < -0.4 is 5.32 Å². The van der Waals surface area contributed by atoms with Crippen molar-refractivity contribution in [2.24, 2.45) is 11.8 Å². The minimum absolute atomic E-state index is 0.00396. The van der Waals surface area contributed by atoms with Gasteiger partial charge in [-0.15, -0.1) is 0 Å². The molecule has 9 nitrogen and oxygen atoms in total. The minimum Gasteiger partial charge on any atom is -0.387 e. The fourth-order valence-corrected chi connectivity index (χ4v) is 7.14. The van der Waals surface area contributed by atoms with Crippen LogP contribution in [0.15, 0.2) is 18.2 Å². The molecular formula is C25H34F4N4O5S. The number of alkyl halides is 3. The van der Waals surface area contributed by atoms with Crippen LogP contribution in [-0.4, -0.2) is 83.2 Å². The predicted octanol–water partition coefficient (Wildman–Crippen LogP) is 2.11. The van der Waals surface area contributed by atoms with Gasteiger partial charge in [-0.05, 0) is 43.7 Å². The van der Waals surface area contributed by atoms with Gasteiger partial charge in [-0.1, -0.05) is 19.9 Å². The van der Waals surface area contributed by atoms with Gasteiger partial charge in [0.15, 0.2) is 0 Å². The maximum Gasteiger partial charge on any atom is 0.416 e. The van der Waals surface area contributed by atoms with Crippen LogP contribution in [-0.2, 0) is 32.5 Å². The molecule has 1 aromatic rings. The van der Waals surface area contributed by atoms with E-state index in [0.29, 0.717) is 38.3 Å². The lowest BCUT2D eigenvalue weighted by atomic mass is 9.85. The number of carbonyl (C=O) groups excluding carboxylic acids is 2. The number of nitrogens with one attached hydrogen (secondary N) is 1. The summed E-state index contributed by atoms with van der Waals surface area (Å²) in [6, 6.07) is 1.24. The highest BCUT2D eigenvalue weighted by Gasteiger charge is 2.51. The number of amides is 2. The molecule has 0 bridgehead atoms. The highest BCUT2D eigenvalue weighted by Crippen LogP contribution is 2.34. The summed E-state index contributed by atoms with van der Waals surface area (Å²) < 4.78 is 81.2. The monoisotopic (exact) mass is 578 g/mol. The fraction of sp³-hybridized carbons (Fsp3) is 0.680. The van der Waals surface area contributed by atoms with Gasteiger partial charge in [-0.3, -0.25) is 9.59 Å². The third-order valence-electron chi connectivity index (χ3n) is 8.03. The molecule has 14 heteroatoms. The average Bonchev–Trinajstić information content (AvgIpc) is 3.34. The van der Waals surface area contributed by atoms with E-state index >= 15 is 0 Å². The third kappa shape index (κ3) is 6.08. The molecule has 3 heterocycles. The van der Waals surface area contributed by atoms with Crippen molar-refractivity contribution in [1.82, 2.24) is 18.8 Å². The molecule has 0 aromatic heterocycles. The number of carbonyl (C=O) groups is 2. The van der Waals surface area contributed by atoms with E-state index in [1.165, 1.54) is 13.5 Å². The maximum atomic E-state index is 14.2. The Bertz CT molecular complexity index is 1200. The average molecular weight is 579 g/mol. The van der Waals surface area contributed by atoms with Gasteiger partial charge in [-0.25, -0.2) is 4.39 Å². The normalized spacial score (nSPS) is 24.6. The summed E-state index contributed by atoms with van der Waals surface area (Å²) in [5.74, 6) is -2.72. The number of aliphatic hydroxyl groups is 1. The Morgan fingerprint density at radius 3 is 2.41 bits per heavy atom. The Hall–Kier alpha value is -2.29. The summed E-state index contributed by atoms with van der Waals surface area (Å²) in [5, 5.41) is 13.0. The van der Waals surface area contributed by atoms with E-state index in [1.54, 1.807) is 0 Å². The summed E-state index contributed by atoms with van der Waals surface area (Å²) in [7, 11) is -3.85. The topological polar surface area (TPSA) is 110 Å². The third-order valence-corrected chi connectivity index (χ3v) is 9.93. The molecule has 3 fully saturated rings. The Morgan fingerprint density at radius 1 is 1.13 bits per heavy atom. The number of rotatable bonds is 7. The van der Waals surface area contributed by atoms with Gasteiger partial charge in [-0.2, -0.15) is 30.2 Å². The zero-order valence-corrected chi connectivity index (χ0v) is 22.7. The highest BCUT2D eigenvalue weighted by atomic mass is 32.2. The van der Waals surface area contributed by atoms with Gasteiger partial charge in [0.1, 0.15) is 11.9 Å². The Balaban J connectivity index is 1.36. The van der Waals surface area contributed by atoms with Crippen LogP contribution in [0.5, 0.6) is 0 Å². The van der Waals surface area contributed by atoms with Crippen LogP contribution in [0.1, 0.15) is 50.7 Å². The second-order valence-electron chi connectivity index (χ2n) is 10.9. The predicted molar refractivity (Wildman–Crippen MR) is 133 cm³/mol. The number of hydrogen-bond acceptors (Lipinski definition) is 5. The van der Waals surface area contributed by atoms with Crippen LogP contribution in [0.2, 0.25) is 0 Å². The molecule has 0 spiro atoms. The van der Waals surface area contributed by atoms with Crippen molar-refractivity contribution in [3.63, 3.8) is 0 Å². The number of piperidine rings is 1. The van der Waals surface area contributed by atoms with Crippen molar-refractivity contribution in [2.45, 2.75) is 63.9 Å². The Morgan fingerprint density at radius 2 is 1.79 bits per heavy atom. The summed E-state index contributed by atoms with van der Waals surface area (Å²) in [4.78, 5) is 27.7. The molecule has 39 heavy (non-hydrogen) atoms. The first-order chi connectivity index (χ1) is 18.1. The molecule has 3 aliphatic heterocycles. The number of nitrogens with zero attached hydrogens (tertiary/aromatic N) is 3. The number of hydrogen-bond donors (Lipinski definition) is 2. The lowest BCUT2D eigenvalue weighted by Gasteiger charge is -2.49. The van der Waals surface area contributed by atoms with Crippen molar-refractivity contribution in [1.29, 1.82) is 0 Å². The smallest absolute Gasteiger partial charge is 0.387 e. The van der Waals surface area contributed by atoms with Gasteiger partial charge in [0, 0.05) is 44.8 Å². The van der Waals surface area contributed by atoms with Crippen molar-refractivity contribution in [3.8, 4) is 0 Å². The molecule has 218 valence electrons. The second-order valence-corrected chi connectivity index (χ2v) is 12.9. The van der Waals surface area contributed by atoms with Crippen molar-refractivity contribution in [3.05, 3.63) is 35.1 Å². The molecule has 0 radical (unpaired) electrons. The molecule has 3 saturated heterocycles. The van der Waals surface area contributed by atoms with E-state index in [2.05, 4.69) is 5.32 Å². The molecule has 0 aliphatic carbocycles. The number of benzene rings is 1. The maximum absolute atomic E-state index is 14.2. The molecule has 0 unspecified atom stereocenters. The standard InChI is InChI=1S/C25H34F4N4O5S/c1-16(2)24(36)14-32(15-24)39(37,38)31-9-3-5-18(13-31)23(35)33-10-4-6-21(33)22(34)30-12-17-7-8-19(11-20(17)26)25(27,28)29/h7-8,11,16,18,21,36H,3-6,9-10,12-15H2,1-2H3,(H,30,34)/t18-,21+/m0/s1. The first kappa shape index (κ1) is 29.7. The van der Waals surface area contributed by atoms with Gasteiger partial charge in [0.25, 0.3) is 10.2 Å². The molecule has 0 saturated carbocycles. The first-order valence-corrected chi connectivity index (χ1v) is 14.4. The van der Waals surface area contributed by atoms with Gasteiger partial charge >= 0.3 is 6.18 Å². The lowest BCUT2D eigenvalue weighted by Crippen LogP contribution is -2.68. The molecule has 2 N–H and O–H groups in total. The highest BCUT2D eigenvalue weighted by molar-refractivity contribution is 7.86. The molecule has 1 aromatic carbocycles. The van der Waals surface area contributed by atoms with E-state index in [0.717, 1.165) is 12.1 Å². The largest absolute Gasteiger partial charge is 0.416 e. The van der Waals surface area contributed by atoms with Crippen molar-refractivity contribution in [2.75, 3.05) is 32.7 Å². The van der Waals surface area contributed by atoms with Gasteiger partial charge < -0.3 is 15.3 Å². The molecular weight excluding hydrogens is 544 g/mol. The summed E-state index contributed by atoms with van der Waals surface area (Å²) in [6.45, 7) is 3.83. The molecule has 4 rings (SSSR count). The van der Waals surface area contributed by atoms with Crippen LogP contribution in [0.4, 0.5) is 17.6 Å². The Kier molecular flexibility index (Phi) is 8.33. The molecule has 2 atom stereocenters. The van der Waals surface area contributed by atoms with E-state index in [9.17, 15) is 40.7 Å². The number of β-amino-alcohol motifs (C(OH)–C–C–N with tert-alkyl or cyclic N) is 1. The lowest BCUT2D eigenvalue weighted by molar-refractivity contribution is -0.142. The summed E-state index contributed by atoms with van der Waals surface area (Å²) in [6.07, 6.45) is -2.84. The SMILES string of the molecule is CC(C)C1(O)CN(S(=O)(=O)N2CCC[C@H](C(=O)N3CCC[C@@H]3C(=O)NCc3ccc(C(F)(F)F)cc3F)C2)C1. The Labute approximate surface area is 225 Å². The minimum atomic E-state index is -4.69. The van der Waals surface area contributed by atoms with E-state index in [1.807, 2.05) is 13.8 Å². The quantitative estimate of drug-likeness (QED) is 0.482.